The Morgan fingerprint density at radius 3 is 2.67 bits per heavy atom. The van der Waals surface area contributed by atoms with Gasteiger partial charge in [-0.05, 0) is 31.2 Å². The quantitative estimate of drug-likeness (QED) is 0.615. The van der Waals surface area contributed by atoms with Gasteiger partial charge in [0.25, 0.3) is 5.91 Å². The lowest BCUT2D eigenvalue weighted by Crippen LogP contribution is -2.29. The van der Waals surface area contributed by atoms with Crippen molar-refractivity contribution >= 4 is 22.6 Å². The van der Waals surface area contributed by atoms with E-state index in [1.54, 1.807) is 12.1 Å². The van der Waals surface area contributed by atoms with E-state index < -0.39 is 5.91 Å². The monoisotopic (exact) mass is 319 g/mol. The van der Waals surface area contributed by atoms with Crippen LogP contribution in [-0.4, -0.2) is 35.7 Å². The molecule has 0 fully saturated rings. The van der Waals surface area contributed by atoms with E-state index in [2.05, 4.69) is 30.7 Å². The maximum atomic E-state index is 12.4. The Hall–Kier alpha value is -3.42. The van der Waals surface area contributed by atoms with Crippen molar-refractivity contribution in [3.05, 3.63) is 60.3 Å². The number of pyridine rings is 1. The summed E-state index contributed by atoms with van der Waals surface area (Å²) in [5.41, 5.74) is 1.99. The number of rotatable bonds is 3. The van der Waals surface area contributed by atoms with Crippen molar-refractivity contribution in [3.63, 3.8) is 0 Å². The molecular weight excluding hydrogens is 306 g/mol. The number of carbonyl (C=O) groups excluding carboxylic acids is 1. The highest BCUT2D eigenvalue weighted by Gasteiger charge is 2.18. The Morgan fingerprint density at radius 1 is 1.00 bits per heavy atom. The number of nitrogens with zero attached hydrogens (tertiary/aromatic N) is 6. The number of fused-ring (bicyclic) bond motifs is 2. The Labute approximate surface area is 136 Å². The van der Waals surface area contributed by atoms with Crippen LogP contribution < -0.4 is 5.32 Å². The molecule has 1 amide bonds. The van der Waals surface area contributed by atoms with Gasteiger partial charge < -0.3 is 5.32 Å². The summed E-state index contributed by atoms with van der Waals surface area (Å²) in [4.78, 5) is 16.6. The predicted molar refractivity (Wildman–Crippen MR) is 86.2 cm³/mol. The van der Waals surface area contributed by atoms with Crippen molar-refractivity contribution in [2.24, 2.45) is 0 Å². The Bertz CT molecular complexity index is 1040. The fourth-order valence-electron chi connectivity index (χ4n) is 2.46. The second kappa shape index (κ2) is 5.65. The minimum atomic E-state index is -0.409. The highest BCUT2D eigenvalue weighted by atomic mass is 16.2. The molecule has 0 saturated carbocycles. The normalized spacial score (nSPS) is 12.4. The van der Waals surface area contributed by atoms with Crippen LogP contribution in [0.5, 0.6) is 0 Å². The molecule has 8 heteroatoms. The van der Waals surface area contributed by atoms with Crippen LogP contribution in [0.4, 0.5) is 0 Å². The SMILES string of the molecule is CC(NC(=O)c1nnc2ccccc2n1)c1nnc2ccccn12. The van der Waals surface area contributed by atoms with Gasteiger partial charge in [0.2, 0.25) is 5.82 Å². The summed E-state index contributed by atoms with van der Waals surface area (Å²) >= 11 is 0. The Morgan fingerprint density at radius 2 is 1.79 bits per heavy atom. The van der Waals surface area contributed by atoms with Gasteiger partial charge >= 0.3 is 0 Å². The minimum absolute atomic E-state index is 0.0226. The molecule has 0 radical (unpaired) electrons. The Balaban J connectivity index is 1.60. The molecule has 0 saturated heterocycles. The molecule has 1 unspecified atom stereocenters. The average Bonchev–Trinajstić information content (AvgIpc) is 3.05. The third-order valence-corrected chi connectivity index (χ3v) is 3.64. The molecular formula is C16H13N7O. The number of aromatic nitrogens is 6. The highest BCUT2D eigenvalue weighted by molar-refractivity contribution is 5.92. The summed E-state index contributed by atoms with van der Waals surface area (Å²) in [5, 5.41) is 18.9. The minimum Gasteiger partial charge on any atom is -0.339 e. The molecule has 4 aromatic rings. The number of hydrogen-bond donors (Lipinski definition) is 1. The average molecular weight is 319 g/mol. The van der Waals surface area contributed by atoms with E-state index in [0.29, 0.717) is 16.9 Å². The molecule has 0 spiro atoms. The summed E-state index contributed by atoms with van der Waals surface area (Å²) in [6.07, 6.45) is 1.85. The van der Waals surface area contributed by atoms with Crippen LogP contribution in [0.2, 0.25) is 0 Å². The van der Waals surface area contributed by atoms with Crippen LogP contribution >= 0.6 is 0 Å². The lowest BCUT2D eigenvalue weighted by Gasteiger charge is -2.11. The fraction of sp³-hybridized carbons (Fsp3) is 0.125. The zero-order valence-corrected chi connectivity index (χ0v) is 12.8. The summed E-state index contributed by atoms with van der Waals surface area (Å²) in [5.74, 6) is 0.246. The summed E-state index contributed by atoms with van der Waals surface area (Å²) in [7, 11) is 0. The van der Waals surface area contributed by atoms with E-state index in [9.17, 15) is 4.79 Å². The van der Waals surface area contributed by atoms with E-state index in [0.717, 1.165) is 5.65 Å². The number of hydrogen-bond acceptors (Lipinski definition) is 6. The third-order valence-electron chi connectivity index (χ3n) is 3.64. The van der Waals surface area contributed by atoms with Gasteiger partial charge in [0.05, 0.1) is 11.6 Å². The summed E-state index contributed by atoms with van der Waals surface area (Å²) in [6.45, 7) is 1.83. The molecule has 8 nitrogen and oxygen atoms in total. The molecule has 0 aliphatic carbocycles. The van der Waals surface area contributed by atoms with Crippen LogP contribution in [0, 0.1) is 0 Å². The van der Waals surface area contributed by atoms with Crippen LogP contribution in [-0.2, 0) is 0 Å². The van der Waals surface area contributed by atoms with E-state index in [1.165, 1.54) is 0 Å². The van der Waals surface area contributed by atoms with E-state index in [4.69, 9.17) is 0 Å². The molecule has 24 heavy (non-hydrogen) atoms. The van der Waals surface area contributed by atoms with Crippen molar-refractivity contribution in [2.45, 2.75) is 13.0 Å². The fourth-order valence-corrected chi connectivity index (χ4v) is 2.46. The molecule has 1 aromatic carbocycles. The van der Waals surface area contributed by atoms with E-state index in [-0.39, 0.29) is 11.9 Å². The number of benzene rings is 1. The first kappa shape index (κ1) is 14.2. The van der Waals surface area contributed by atoms with Gasteiger partial charge in [-0.3, -0.25) is 9.20 Å². The smallest absolute Gasteiger partial charge is 0.291 e. The molecule has 0 bridgehead atoms. The van der Waals surface area contributed by atoms with Crippen molar-refractivity contribution in [2.75, 3.05) is 0 Å². The number of amides is 1. The zero-order chi connectivity index (χ0) is 16.5. The number of para-hydroxylation sites is 1. The molecule has 0 aliphatic rings. The maximum Gasteiger partial charge on any atom is 0.291 e. The van der Waals surface area contributed by atoms with Crippen molar-refractivity contribution in [1.29, 1.82) is 0 Å². The lowest BCUT2D eigenvalue weighted by atomic mass is 10.3. The van der Waals surface area contributed by atoms with Crippen LogP contribution in [0.1, 0.15) is 29.4 Å². The lowest BCUT2D eigenvalue weighted by molar-refractivity contribution is 0.0927. The first-order chi connectivity index (χ1) is 11.7. The van der Waals surface area contributed by atoms with Crippen LogP contribution in [0.15, 0.2) is 48.7 Å². The van der Waals surface area contributed by atoms with E-state index in [1.807, 2.05) is 47.9 Å². The van der Waals surface area contributed by atoms with Gasteiger partial charge in [0.1, 0.15) is 5.52 Å². The maximum absolute atomic E-state index is 12.4. The molecule has 1 N–H and O–H groups in total. The molecule has 118 valence electrons. The topological polar surface area (TPSA) is 98.0 Å². The third kappa shape index (κ3) is 2.43. The molecule has 1 atom stereocenters. The number of nitrogens with one attached hydrogen (secondary N) is 1. The van der Waals surface area contributed by atoms with Crippen molar-refractivity contribution in [3.8, 4) is 0 Å². The first-order valence-electron chi connectivity index (χ1n) is 7.42. The van der Waals surface area contributed by atoms with Crippen LogP contribution in [0.3, 0.4) is 0 Å². The second-order valence-electron chi connectivity index (χ2n) is 5.31. The van der Waals surface area contributed by atoms with Gasteiger partial charge in [-0.2, -0.15) is 0 Å². The van der Waals surface area contributed by atoms with Gasteiger partial charge in [0, 0.05) is 6.20 Å². The van der Waals surface area contributed by atoms with Crippen LogP contribution in [0.25, 0.3) is 16.7 Å². The van der Waals surface area contributed by atoms with Gasteiger partial charge in [-0.25, -0.2) is 4.98 Å². The Kier molecular flexibility index (Phi) is 3.34. The van der Waals surface area contributed by atoms with Crippen molar-refractivity contribution < 1.29 is 4.79 Å². The number of carbonyl (C=O) groups is 1. The predicted octanol–water partition coefficient (Wildman–Crippen LogP) is 1.56. The molecule has 4 rings (SSSR count). The van der Waals surface area contributed by atoms with Gasteiger partial charge in [0.15, 0.2) is 11.5 Å². The van der Waals surface area contributed by atoms with Crippen molar-refractivity contribution in [1.82, 2.24) is 35.1 Å². The first-order valence-corrected chi connectivity index (χ1v) is 7.42. The summed E-state index contributed by atoms with van der Waals surface area (Å²) < 4.78 is 1.82. The highest BCUT2D eigenvalue weighted by Crippen LogP contribution is 2.12. The summed E-state index contributed by atoms with van der Waals surface area (Å²) in [6, 6.07) is 12.5. The van der Waals surface area contributed by atoms with Gasteiger partial charge in [-0.15, -0.1) is 20.4 Å². The molecule has 3 heterocycles. The van der Waals surface area contributed by atoms with Gasteiger partial charge in [-0.1, -0.05) is 18.2 Å². The zero-order valence-electron chi connectivity index (χ0n) is 12.8. The van der Waals surface area contributed by atoms with E-state index >= 15 is 0 Å². The standard InChI is InChI=1S/C16H13N7O/c1-10(15-22-20-13-8-4-5-9-23(13)15)17-16(24)14-18-11-6-2-3-7-12(11)19-21-14/h2-10H,1H3,(H,17,24). The second-order valence-corrected chi connectivity index (χ2v) is 5.31. The molecule has 3 aromatic heterocycles. The molecule has 0 aliphatic heterocycles. The largest absolute Gasteiger partial charge is 0.339 e.